The molecule has 0 saturated carbocycles. The van der Waals surface area contributed by atoms with E-state index < -0.39 is 11.7 Å². The van der Waals surface area contributed by atoms with E-state index in [1.54, 1.807) is 25.1 Å². The van der Waals surface area contributed by atoms with Gasteiger partial charge in [0.25, 0.3) is 5.91 Å². The number of hydrogen-bond acceptors (Lipinski definition) is 6. The number of carbonyl (C=O) groups is 3. The van der Waals surface area contributed by atoms with Gasteiger partial charge in [0.2, 0.25) is 0 Å². The molecule has 0 bridgehead atoms. The van der Waals surface area contributed by atoms with Crippen LogP contribution in [0.25, 0.3) is 0 Å². The molecule has 0 saturated heterocycles. The number of rotatable bonds is 12. The van der Waals surface area contributed by atoms with E-state index in [-0.39, 0.29) is 35.2 Å². The number of nitrogens with zero attached hydrogens (tertiary/aromatic N) is 1. The minimum Gasteiger partial charge on any atom is -0.466 e. The topological polar surface area (TPSA) is 97.4 Å². The molecule has 3 aromatic rings. The molecule has 0 atom stereocenters. The molecule has 2 N–H and O–H groups in total. The summed E-state index contributed by atoms with van der Waals surface area (Å²) >= 11 is 5.92. The van der Waals surface area contributed by atoms with Crippen LogP contribution in [-0.4, -0.2) is 29.3 Å². The molecule has 0 aliphatic carbocycles. The summed E-state index contributed by atoms with van der Waals surface area (Å²) in [4.78, 5) is 41.2. The number of nitrogens with one attached hydrogen (secondary N) is 2. The highest BCUT2D eigenvalue weighted by Crippen LogP contribution is 2.26. The molecule has 0 aliphatic heterocycles. The van der Waals surface area contributed by atoms with Crippen LogP contribution in [0.5, 0.6) is 0 Å². The van der Waals surface area contributed by atoms with Crippen molar-refractivity contribution in [3.05, 3.63) is 82.4 Å². The summed E-state index contributed by atoms with van der Waals surface area (Å²) in [6.07, 6.45) is 3.54. The van der Waals surface area contributed by atoms with Gasteiger partial charge in [-0.1, -0.05) is 30.7 Å². The number of ether oxygens (including phenoxy) is 1. The second-order valence-corrected chi connectivity index (χ2v) is 8.80. The average Bonchev–Trinajstić information content (AvgIpc) is 2.86. The van der Waals surface area contributed by atoms with Crippen molar-refractivity contribution >= 4 is 46.3 Å². The van der Waals surface area contributed by atoms with Gasteiger partial charge in [0.1, 0.15) is 11.6 Å². The average molecular weight is 526 g/mol. The lowest BCUT2D eigenvalue weighted by Gasteiger charge is -2.14. The molecule has 37 heavy (non-hydrogen) atoms. The lowest BCUT2D eigenvalue weighted by molar-refractivity contribution is -0.143. The molecule has 0 fully saturated rings. The molecular formula is C28H29ClFN3O4. The van der Waals surface area contributed by atoms with Crippen LogP contribution < -0.4 is 10.6 Å². The SMILES string of the molecule is CCCC(=O)Cc1cc(Nc2ccc(F)c(Cl)c2)c(C(=O)Nc2ccc(CCC(=O)OCC)cc2)cn1. The van der Waals surface area contributed by atoms with Crippen molar-refractivity contribution in [3.63, 3.8) is 0 Å². The van der Waals surface area contributed by atoms with Gasteiger partial charge < -0.3 is 15.4 Å². The van der Waals surface area contributed by atoms with Gasteiger partial charge in [0.05, 0.1) is 22.9 Å². The summed E-state index contributed by atoms with van der Waals surface area (Å²) < 4.78 is 18.6. The van der Waals surface area contributed by atoms with Gasteiger partial charge in [-0.25, -0.2) is 4.39 Å². The smallest absolute Gasteiger partial charge is 0.306 e. The summed E-state index contributed by atoms with van der Waals surface area (Å²) in [6.45, 7) is 4.04. The summed E-state index contributed by atoms with van der Waals surface area (Å²) in [7, 11) is 0. The minimum atomic E-state index is -0.559. The molecule has 0 spiro atoms. The van der Waals surface area contributed by atoms with Gasteiger partial charge in [-0.3, -0.25) is 19.4 Å². The van der Waals surface area contributed by atoms with Crippen molar-refractivity contribution in [2.75, 3.05) is 17.2 Å². The molecule has 1 aromatic heterocycles. The molecule has 0 aliphatic rings. The number of carbonyl (C=O) groups excluding carboxylic acids is 3. The highest BCUT2D eigenvalue weighted by atomic mass is 35.5. The normalized spacial score (nSPS) is 10.6. The predicted octanol–water partition coefficient (Wildman–Crippen LogP) is 6.28. The molecule has 194 valence electrons. The lowest BCUT2D eigenvalue weighted by atomic mass is 10.1. The van der Waals surface area contributed by atoms with Crippen LogP contribution in [0.1, 0.15) is 54.7 Å². The fraction of sp³-hybridized carbons (Fsp3) is 0.286. The van der Waals surface area contributed by atoms with Gasteiger partial charge in [0.15, 0.2) is 0 Å². The lowest BCUT2D eigenvalue weighted by Crippen LogP contribution is -2.15. The van der Waals surface area contributed by atoms with Crippen molar-refractivity contribution in [1.29, 1.82) is 0 Å². The van der Waals surface area contributed by atoms with Crippen molar-refractivity contribution in [3.8, 4) is 0 Å². The highest BCUT2D eigenvalue weighted by Gasteiger charge is 2.16. The van der Waals surface area contributed by atoms with E-state index in [0.29, 0.717) is 42.2 Å². The van der Waals surface area contributed by atoms with E-state index in [1.807, 2.05) is 19.1 Å². The van der Waals surface area contributed by atoms with Crippen LogP contribution >= 0.6 is 11.6 Å². The zero-order valence-electron chi connectivity index (χ0n) is 20.8. The third kappa shape index (κ3) is 8.39. The third-order valence-corrected chi connectivity index (χ3v) is 5.74. The first-order valence-corrected chi connectivity index (χ1v) is 12.5. The molecule has 1 amide bonds. The molecule has 1 heterocycles. The van der Waals surface area contributed by atoms with E-state index in [2.05, 4.69) is 15.6 Å². The van der Waals surface area contributed by atoms with Crippen molar-refractivity contribution < 1.29 is 23.5 Å². The van der Waals surface area contributed by atoms with E-state index in [0.717, 1.165) is 12.0 Å². The molecular weight excluding hydrogens is 497 g/mol. The Bertz CT molecular complexity index is 1260. The first kappa shape index (κ1) is 27.8. The Morgan fingerprint density at radius 1 is 1.00 bits per heavy atom. The summed E-state index contributed by atoms with van der Waals surface area (Å²) in [5.41, 5.74) is 3.12. The molecule has 0 radical (unpaired) electrons. The molecule has 2 aromatic carbocycles. The number of aryl methyl sites for hydroxylation is 1. The Morgan fingerprint density at radius 3 is 2.41 bits per heavy atom. The number of pyridine rings is 1. The van der Waals surface area contributed by atoms with Crippen molar-refractivity contribution in [1.82, 2.24) is 4.98 Å². The van der Waals surface area contributed by atoms with E-state index in [4.69, 9.17) is 16.3 Å². The zero-order valence-corrected chi connectivity index (χ0v) is 21.5. The maximum absolute atomic E-state index is 13.6. The van der Waals surface area contributed by atoms with Crippen LogP contribution in [0.3, 0.4) is 0 Å². The maximum atomic E-state index is 13.6. The largest absolute Gasteiger partial charge is 0.466 e. The third-order valence-electron chi connectivity index (χ3n) is 5.45. The van der Waals surface area contributed by atoms with E-state index >= 15 is 0 Å². The molecule has 7 nitrogen and oxygen atoms in total. The highest BCUT2D eigenvalue weighted by molar-refractivity contribution is 6.31. The Hall–Kier alpha value is -3.78. The second kappa shape index (κ2) is 13.5. The van der Waals surface area contributed by atoms with Crippen LogP contribution in [0.15, 0.2) is 54.7 Å². The second-order valence-electron chi connectivity index (χ2n) is 8.40. The Morgan fingerprint density at radius 2 is 1.73 bits per heavy atom. The first-order chi connectivity index (χ1) is 17.8. The number of ketones is 1. The van der Waals surface area contributed by atoms with Gasteiger partial charge in [0, 0.05) is 42.5 Å². The summed E-state index contributed by atoms with van der Waals surface area (Å²) in [5, 5.41) is 5.86. The van der Waals surface area contributed by atoms with Gasteiger partial charge in [-0.15, -0.1) is 0 Å². The first-order valence-electron chi connectivity index (χ1n) is 12.1. The molecule has 3 rings (SSSR count). The Balaban J connectivity index is 1.79. The zero-order chi connectivity index (χ0) is 26.8. The Labute approximate surface area is 220 Å². The Kier molecular flexibility index (Phi) is 10.1. The molecule has 0 unspecified atom stereocenters. The number of anilines is 3. The van der Waals surface area contributed by atoms with E-state index in [1.165, 1.54) is 24.4 Å². The number of esters is 1. The number of amides is 1. The van der Waals surface area contributed by atoms with Crippen LogP contribution in [-0.2, 0) is 27.2 Å². The van der Waals surface area contributed by atoms with Gasteiger partial charge in [-0.05, 0) is 61.7 Å². The summed E-state index contributed by atoms with van der Waals surface area (Å²) in [6, 6.07) is 12.9. The maximum Gasteiger partial charge on any atom is 0.306 e. The summed E-state index contributed by atoms with van der Waals surface area (Å²) in [5.74, 6) is -1.19. The number of aromatic nitrogens is 1. The van der Waals surface area contributed by atoms with Gasteiger partial charge in [-0.2, -0.15) is 0 Å². The monoisotopic (exact) mass is 525 g/mol. The van der Waals surface area contributed by atoms with E-state index in [9.17, 15) is 18.8 Å². The number of benzene rings is 2. The van der Waals surface area contributed by atoms with Gasteiger partial charge >= 0.3 is 5.97 Å². The van der Waals surface area contributed by atoms with Crippen LogP contribution in [0.2, 0.25) is 5.02 Å². The fourth-order valence-electron chi connectivity index (χ4n) is 3.61. The van der Waals surface area contributed by atoms with Crippen molar-refractivity contribution in [2.24, 2.45) is 0 Å². The van der Waals surface area contributed by atoms with Crippen LogP contribution in [0.4, 0.5) is 21.5 Å². The quantitative estimate of drug-likeness (QED) is 0.270. The number of halogens is 2. The van der Waals surface area contributed by atoms with Crippen LogP contribution in [0, 0.1) is 5.82 Å². The standard InChI is InChI=1S/C28H29ClFN3O4/c1-3-5-22(34)14-21-16-26(32-20-11-12-25(30)24(29)15-20)23(17-31-21)28(36)33-19-9-6-18(7-10-19)8-13-27(35)37-4-2/h6-7,9-12,15-17H,3-5,8,13-14H2,1-2H3,(H,31,32)(H,33,36). The predicted molar refractivity (Wildman–Crippen MR) is 142 cm³/mol. The van der Waals surface area contributed by atoms with Crippen molar-refractivity contribution in [2.45, 2.75) is 46.0 Å². The number of hydrogen-bond donors (Lipinski definition) is 2. The number of Topliss-reactive ketones (excluding diaryl/α,β-unsaturated/α-hetero) is 1. The molecule has 9 heteroatoms. The minimum absolute atomic E-state index is 0.0472. The fourth-order valence-corrected chi connectivity index (χ4v) is 3.79.